The minimum Gasteiger partial charge on any atom is -0.495 e. The molecule has 0 spiro atoms. The van der Waals surface area contributed by atoms with Gasteiger partial charge < -0.3 is 15.8 Å². The lowest BCUT2D eigenvalue weighted by molar-refractivity contribution is -0.116. The van der Waals surface area contributed by atoms with Gasteiger partial charge >= 0.3 is 0 Å². The topological polar surface area (TPSA) is 64.3 Å². The van der Waals surface area contributed by atoms with E-state index in [1.807, 2.05) is 19.9 Å². The summed E-state index contributed by atoms with van der Waals surface area (Å²) in [5, 5.41) is 3.46. The molecule has 0 aliphatic rings. The van der Waals surface area contributed by atoms with Crippen molar-refractivity contribution >= 4 is 23.2 Å². The fraction of sp³-hybridized carbons (Fsp3) is 0.500. The monoisotopic (exact) mass is 284 g/mol. The summed E-state index contributed by atoms with van der Waals surface area (Å²) < 4.78 is 5.21. The van der Waals surface area contributed by atoms with Crippen LogP contribution in [0.1, 0.15) is 25.3 Å². The van der Waals surface area contributed by atoms with Crippen molar-refractivity contribution in [3.05, 3.63) is 22.7 Å². The molecule has 19 heavy (non-hydrogen) atoms. The van der Waals surface area contributed by atoms with E-state index in [0.29, 0.717) is 35.3 Å². The molecule has 0 aliphatic heterocycles. The van der Waals surface area contributed by atoms with Crippen LogP contribution in [0.3, 0.4) is 0 Å². The third kappa shape index (κ3) is 4.73. The molecule has 0 aromatic heterocycles. The maximum absolute atomic E-state index is 11.9. The zero-order chi connectivity index (χ0) is 14.4. The predicted octanol–water partition coefficient (Wildman–Crippen LogP) is 2.97. The van der Waals surface area contributed by atoms with Crippen molar-refractivity contribution in [2.75, 3.05) is 19.0 Å². The van der Waals surface area contributed by atoms with Crippen molar-refractivity contribution in [1.29, 1.82) is 0 Å². The second-order valence-electron chi connectivity index (χ2n) is 4.73. The number of carbonyl (C=O) groups excluding carboxylic acids is 1. The van der Waals surface area contributed by atoms with Crippen LogP contribution in [0.25, 0.3) is 0 Å². The van der Waals surface area contributed by atoms with Crippen LogP contribution in [0.4, 0.5) is 5.69 Å². The lowest BCUT2D eigenvalue weighted by Crippen LogP contribution is -2.16. The number of methoxy groups -OCH3 is 1. The van der Waals surface area contributed by atoms with Crippen LogP contribution in [-0.2, 0) is 4.79 Å². The van der Waals surface area contributed by atoms with Gasteiger partial charge in [0.15, 0.2) is 0 Å². The summed E-state index contributed by atoms with van der Waals surface area (Å²) in [6.07, 6.45) is 1.22. The summed E-state index contributed by atoms with van der Waals surface area (Å²) in [4.78, 5) is 11.9. The van der Waals surface area contributed by atoms with E-state index >= 15 is 0 Å². The Morgan fingerprint density at radius 1 is 1.53 bits per heavy atom. The van der Waals surface area contributed by atoms with Crippen LogP contribution in [-0.4, -0.2) is 19.6 Å². The molecule has 0 saturated heterocycles. The number of benzene rings is 1. The molecule has 0 bridgehead atoms. The number of nitrogens with two attached hydrogens (primary N) is 1. The van der Waals surface area contributed by atoms with Gasteiger partial charge in [-0.3, -0.25) is 4.79 Å². The van der Waals surface area contributed by atoms with Crippen LogP contribution >= 0.6 is 11.6 Å². The van der Waals surface area contributed by atoms with E-state index in [-0.39, 0.29) is 5.91 Å². The number of halogens is 1. The highest BCUT2D eigenvalue weighted by Crippen LogP contribution is 2.31. The van der Waals surface area contributed by atoms with Gasteiger partial charge in [-0.25, -0.2) is 0 Å². The lowest BCUT2D eigenvalue weighted by atomic mass is 10.1. The highest BCUT2D eigenvalue weighted by molar-refractivity contribution is 6.31. The number of hydrogen-bond acceptors (Lipinski definition) is 3. The summed E-state index contributed by atoms with van der Waals surface area (Å²) in [6, 6.07) is 3.51. The molecule has 1 aromatic rings. The first-order valence-electron chi connectivity index (χ1n) is 6.32. The molecule has 1 rings (SSSR count). The normalized spacial score (nSPS) is 12.1. The highest BCUT2D eigenvalue weighted by atomic mass is 35.5. The number of nitrogens with one attached hydrogen (secondary N) is 1. The molecule has 106 valence electrons. The van der Waals surface area contributed by atoms with Crippen LogP contribution in [0.15, 0.2) is 12.1 Å². The van der Waals surface area contributed by atoms with Gasteiger partial charge in [0.2, 0.25) is 5.91 Å². The molecule has 1 amide bonds. The van der Waals surface area contributed by atoms with E-state index in [2.05, 4.69) is 5.32 Å². The van der Waals surface area contributed by atoms with Crippen molar-refractivity contribution in [3.63, 3.8) is 0 Å². The van der Waals surface area contributed by atoms with E-state index in [4.69, 9.17) is 22.1 Å². The molecule has 0 fully saturated rings. The number of amides is 1. The van der Waals surface area contributed by atoms with Crippen LogP contribution in [0.2, 0.25) is 5.02 Å². The first-order chi connectivity index (χ1) is 8.97. The highest BCUT2D eigenvalue weighted by Gasteiger charge is 2.11. The lowest BCUT2D eigenvalue weighted by Gasteiger charge is -2.13. The van der Waals surface area contributed by atoms with Gasteiger partial charge in [0.05, 0.1) is 12.8 Å². The van der Waals surface area contributed by atoms with Gasteiger partial charge in [-0.2, -0.15) is 0 Å². The van der Waals surface area contributed by atoms with Crippen molar-refractivity contribution in [2.24, 2.45) is 11.7 Å². The minimum atomic E-state index is -0.0414. The number of anilines is 1. The zero-order valence-electron chi connectivity index (χ0n) is 11.6. The second-order valence-corrected chi connectivity index (χ2v) is 5.14. The Bertz CT molecular complexity index is 449. The molecule has 1 aromatic carbocycles. The molecule has 0 saturated carbocycles. The van der Waals surface area contributed by atoms with Crippen LogP contribution < -0.4 is 15.8 Å². The Kier molecular flexibility index (Phi) is 6.12. The maximum Gasteiger partial charge on any atom is 0.224 e. The van der Waals surface area contributed by atoms with Crippen molar-refractivity contribution in [1.82, 2.24) is 0 Å². The zero-order valence-corrected chi connectivity index (χ0v) is 12.4. The molecule has 1 atom stereocenters. The van der Waals surface area contributed by atoms with Gasteiger partial charge in [-0.15, -0.1) is 0 Å². The fourth-order valence-electron chi connectivity index (χ4n) is 1.64. The third-order valence-corrected chi connectivity index (χ3v) is 3.43. The van der Waals surface area contributed by atoms with Gasteiger partial charge in [0, 0.05) is 17.5 Å². The molecular weight excluding hydrogens is 264 g/mol. The predicted molar refractivity (Wildman–Crippen MR) is 78.8 cm³/mol. The summed E-state index contributed by atoms with van der Waals surface area (Å²) in [5.41, 5.74) is 7.07. The van der Waals surface area contributed by atoms with Gasteiger partial charge in [0.25, 0.3) is 0 Å². The molecule has 4 nitrogen and oxygen atoms in total. The third-order valence-electron chi connectivity index (χ3n) is 3.02. The summed E-state index contributed by atoms with van der Waals surface area (Å²) >= 11 is 6.02. The molecule has 3 N–H and O–H groups in total. The number of aryl methyl sites for hydroxylation is 1. The van der Waals surface area contributed by atoms with E-state index in [1.54, 1.807) is 13.2 Å². The Morgan fingerprint density at radius 2 is 2.21 bits per heavy atom. The Hall–Kier alpha value is -1.26. The maximum atomic E-state index is 11.9. The van der Waals surface area contributed by atoms with E-state index in [9.17, 15) is 4.79 Å². The minimum absolute atomic E-state index is 0.0414. The average Bonchev–Trinajstić information content (AvgIpc) is 2.39. The smallest absolute Gasteiger partial charge is 0.224 e. The number of ether oxygens (including phenoxy) is 1. The Balaban J connectivity index is 2.70. The number of rotatable bonds is 6. The second kappa shape index (κ2) is 7.36. The van der Waals surface area contributed by atoms with Crippen LogP contribution in [0.5, 0.6) is 5.75 Å². The standard InChI is InChI=1S/C14H21ClN2O2/c1-9(8-16)4-5-14(18)17-12-6-10(2)11(15)7-13(12)19-3/h6-7,9H,4-5,8,16H2,1-3H3,(H,17,18). The SMILES string of the molecule is COc1cc(Cl)c(C)cc1NC(=O)CCC(C)CN. The van der Waals surface area contributed by atoms with Crippen LogP contribution in [0, 0.1) is 12.8 Å². The molecule has 0 heterocycles. The first kappa shape index (κ1) is 15.8. The van der Waals surface area contributed by atoms with Gasteiger partial charge in [0.1, 0.15) is 5.75 Å². The van der Waals surface area contributed by atoms with Gasteiger partial charge in [-0.05, 0) is 37.4 Å². The van der Waals surface area contributed by atoms with E-state index in [0.717, 1.165) is 12.0 Å². The van der Waals surface area contributed by atoms with Crippen molar-refractivity contribution in [2.45, 2.75) is 26.7 Å². The van der Waals surface area contributed by atoms with Gasteiger partial charge in [-0.1, -0.05) is 18.5 Å². The Labute approximate surface area is 119 Å². The van der Waals surface area contributed by atoms with Crippen molar-refractivity contribution < 1.29 is 9.53 Å². The summed E-state index contributed by atoms with van der Waals surface area (Å²) in [5.74, 6) is 0.871. The molecule has 0 aliphatic carbocycles. The average molecular weight is 285 g/mol. The molecule has 0 radical (unpaired) electrons. The van der Waals surface area contributed by atoms with E-state index < -0.39 is 0 Å². The Morgan fingerprint density at radius 3 is 2.79 bits per heavy atom. The number of carbonyl (C=O) groups is 1. The largest absolute Gasteiger partial charge is 0.495 e. The molecule has 5 heteroatoms. The van der Waals surface area contributed by atoms with Crippen molar-refractivity contribution in [3.8, 4) is 5.75 Å². The summed E-state index contributed by atoms with van der Waals surface area (Å²) in [6.45, 7) is 4.50. The fourth-order valence-corrected chi connectivity index (χ4v) is 1.79. The molecular formula is C14H21ClN2O2. The quantitative estimate of drug-likeness (QED) is 0.844. The summed E-state index contributed by atoms with van der Waals surface area (Å²) in [7, 11) is 1.55. The van der Waals surface area contributed by atoms with E-state index in [1.165, 1.54) is 0 Å². The first-order valence-corrected chi connectivity index (χ1v) is 6.69. The molecule has 1 unspecified atom stereocenters. The number of hydrogen-bond donors (Lipinski definition) is 2.